The molecule has 104 valence electrons. The molecule has 0 amide bonds. The van der Waals surface area contributed by atoms with Crippen LogP contribution in [0.25, 0.3) is 0 Å². The number of nitrogen functional groups attached to an aromatic ring is 1. The molecule has 0 saturated heterocycles. The monoisotopic (exact) mass is 274 g/mol. The second kappa shape index (κ2) is 6.03. The lowest BCUT2D eigenvalue weighted by Gasteiger charge is -2.11. The number of hydrogen-bond acceptors (Lipinski definition) is 5. The predicted molar refractivity (Wildman–Crippen MR) is 74.7 cm³/mol. The molecule has 0 saturated carbocycles. The Morgan fingerprint density at radius 3 is 2.50 bits per heavy atom. The third kappa shape index (κ3) is 3.24. The van der Waals surface area contributed by atoms with E-state index in [4.69, 9.17) is 15.2 Å². The molecule has 0 spiro atoms. The highest BCUT2D eigenvalue weighted by Gasteiger charge is 2.08. The number of nitro groups is 1. The molecule has 2 aromatic carbocycles. The second-order valence-corrected chi connectivity index (χ2v) is 4.15. The molecule has 6 nitrogen and oxygen atoms in total. The smallest absolute Gasteiger partial charge is 0.269 e. The summed E-state index contributed by atoms with van der Waals surface area (Å²) in [5.41, 5.74) is 7.17. The zero-order valence-corrected chi connectivity index (χ0v) is 10.9. The van der Waals surface area contributed by atoms with E-state index in [1.54, 1.807) is 37.4 Å². The van der Waals surface area contributed by atoms with Crippen LogP contribution in [0.3, 0.4) is 0 Å². The average Bonchev–Trinajstić information content (AvgIpc) is 2.43. The largest absolute Gasteiger partial charge is 0.457 e. The number of nitrogens with two attached hydrogens (primary N) is 1. The molecule has 0 bridgehead atoms. The first-order valence-electron chi connectivity index (χ1n) is 5.90. The number of methoxy groups -OCH3 is 1. The van der Waals surface area contributed by atoms with E-state index in [2.05, 4.69) is 0 Å². The van der Waals surface area contributed by atoms with Crippen LogP contribution >= 0.6 is 0 Å². The summed E-state index contributed by atoms with van der Waals surface area (Å²) >= 11 is 0. The standard InChI is InChI=1S/C14H14N2O4/c1-19-9-10-8-11(15)2-7-14(10)20-13-5-3-12(4-6-13)16(17)18/h2-8H,9,15H2,1H3. The fraction of sp³-hybridized carbons (Fsp3) is 0.143. The third-order valence-corrected chi connectivity index (χ3v) is 2.66. The molecule has 2 N–H and O–H groups in total. The Bertz CT molecular complexity index is 611. The zero-order chi connectivity index (χ0) is 14.5. The molecule has 0 radical (unpaired) electrons. The Labute approximate surface area is 115 Å². The molecule has 20 heavy (non-hydrogen) atoms. The van der Waals surface area contributed by atoms with Crippen molar-refractivity contribution >= 4 is 11.4 Å². The van der Waals surface area contributed by atoms with Crippen LogP contribution in [0.4, 0.5) is 11.4 Å². The number of benzene rings is 2. The molecule has 0 heterocycles. The SMILES string of the molecule is COCc1cc(N)ccc1Oc1ccc([N+](=O)[O-])cc1. The van der Waals surface area contributed by atoms with Gasteiger partial charge in [-0.3, -0.25) is 10.1 Å². The highest BCUT2D eigenvalue weighted by atomic mass is 16.6. The molecular weight excluding hydrogens is 260 g/mol. The first-order valence-corrected chi connectivity index (χ1v) is 5.90. The van der Waals surface area contributed by atoms with Crippen molar-refractivity contribution in [1.29, 1.82) is 0 Å². The van der Waals surface area contributed by atoms with Gasteiger partial charge in [-0.05, 0) is 30.3 Å². The van der Waals surface area contributed by atoms with Crippen molar-refractivity contribution in [3.63, 3.8) is 0 Å². The molecule has 0 aromatic heterocycles. The second-order valence-electron chi connectivity index (χ2n) is 4.15. The molecule has 0 aliphatic carbocycles. The van der Waals surface area contributed by atoms with Gasteiger partial charge in [0.15, 0.2) is 0 Å². The molecule has 0 aliphatic heterocycles. The van der Waals surface area contributed by atoms with Crippen molar-refractivity contribution in [2.24, 2.45) is 0 Å². The van der Waals surface area contributed by atoms with Crippen LogP contribution in [0.1, 0.15) is 5.56 Å². The van der Waals surface area contributed by atoms with Gasteiger partial charge in [-0.1, -0.05) is 0 Å². The normalized spacial score (nSPS) is 10.2. The van der Waals surface area contributed by atoms with Crippen molar-refractivity contribution < 1.29 is 14.4 Å². The fourth-order valence-corrected chi connectivity index (χ4v) is 1.73. The summed E-state index contributed by atoms with van der Waals surface area (Å²) in [6.45, 7) is 0.368. The lowest BCUT2D eigenvalue weighted by molar-refractivity contribution is -0.384. The summed E-state index contributed by atoms with van der Waals surface area (Å²) in [4.78, 5) is 10.1. The first-order chi connectivity index (χ1) is 9.60. The van der Waals surface area contributed by atoms with Crippen LogP contribution in [-0.2, 0) is 11.3 Å². The van der Waals surface area contributed by atoms with Gasteiger partial charge in [0.1, 0.15) is 11.5 Å². The van der Waals surface area contributed by atoms with Crippen molar-refractivity contribution in [2.75, 3.05) is 12.8 Å². The minimum absolute atomic E-state index is 0.0202. The van der Waals surface area contributed by atoms with E-state index in [1.165, 1.54) is 12.1 Å². The summed E-state index contributed by atoms with van der Waals surface area (Å²) in [6, 6.07) is 11.1. The minimum Gasteiger partial charge on any atom is -0.457 e. The topological polar surface area (TPSA) is 87.6 Å². The van der Waals surface area contributed by atoms with Gasteiger partial charge in [0.25, 0.3) is 5.69 Å². The van der Waals surface area contributed by atoms with Gasteiger partial charge in [-0.25, -0.2) is 0 Å². The average molecular weight is 274 g/mol. The Hall–Kier alpha value is -2.60. The number of nitro benzene ring substituents is 1. The van der Waals surface area contributed by atoms with Gasteiger partial charge in [0, 0.05) is 30.5 Å². The Morgan fingerprint density at radius 2 is 1.90 bits per heavy atom. The Balaban J connectivity index is 2.22. The molecule has 0 atom stereocenters. The van der Waals surface area contributed by atoms with Gasteiger partial charge in [0.2, 0.25) is 0 Å². The van der Waals surface area contributed by atoms with Crippen LogP contribution in [0, 0.1) is 10.1 Å². The van der Waals surface area contributed by atoms with E-state index in [9.17, 15) is 10.1 Å². The van der Waals surface area contributed by atoms with Crippen LogP contribution in [-0.4, -0.2) is 12.0 Å². The number of nitrogens with zero attached hydrogens (tertiary/aromatic N) is 1. The summed E-state index contributed by atoms with van der Waals surface area (Å²) in [5, 5.41) is 10.6. The van der Waals surface area contributed by atoms with E-state index >= 15 is 0 Å². The summed E-state index contributed by atoms with van der Waals surface area (Å²) in [6.07, 6.45) is 0. The van der Waals surface area contributed by atoms with Gasteiger partial charge >= 0.3 is 0 Å². The summed E-state index contributed by atoms with van der Waals surface area (Å²) < 4.78 is 10.8. The summed E-state index contributed by atoms with van der Waals surface area (Å²) in [5.74, 6) is 1.12. The first kappa shape index (κ1) is 13.8. The van der Waals surface area contributed by atoms with E-state index in [0.717, 1.165) is 5.56 Å². The van der Waals surface area contributed by atoms with Gasteiger partial charge < -0.3 is 15.2 Å². The molecule has 0 aliphatic rings. The van der Waals surface area contributed by atoms with Crippen LogP contribution in [0.2, 0.25) is 0 Å². The number of ether oxygens (including phenoxy) is 2. The third-order valence-electron chi connectivity index (χ3n) is 2.66. The molecule has 0 fully saturated rings. The molecule has 0 unspecified atom stereocenters. The molecular formula is C14H14N2O4. The van der Waals surface area contributed by atoms with Gasteiger partial charge in [0.05, 0.1) is 11.5 Å². The minimum atomic E-state index is -0.455. The van der Waals surface area contributed by atoms with Gasteiger partial charge in [-0.2, -0.15) is 0 Å². The van der Waals surface area contributed by atoms with Crippen molar-refractivity contribution in [3.8, 4) is 11.5 Å². The number of rotatable bonds is 5. The zero-order valence-electron chi connectivity index (χ0n) is 10.9. The van der Waals surface area contributed by atoms with Crippen molar-refractivity contribution in [3.05, 3.63) is 58.1 Å². The molecule has 2 aromatic rings. The van der Waals surface area contributed by atoms with Crippen molar-refractivity contribution in [2.45, 2.75) is 6.61 Å². The maximum absolute atomic E-state index is 10.6. The van der Waals surface area contributed by atoms with Crippen LogP contribution in [0.15, 0.2) is 42.5 Å². The maximum Gasteiger partial charge on any atom is 0.269 e. The molecule has 6 heteroatoms. The van der Waals surface area contributed by atoms with Gasteiger partial charge in [-0.15, -0.1) is 0 Å². The van der Waals surface area contributed by atoms with E-state index in [1.807, 2.05) is 0 Å². The van der Waals surface area contributed by atoms with E-state index < -0.39 is 4.92 Å². The Morgan fingerprint density at radius 1 is 1.20 bits per heavy atom. The maximum atomic E-state index is 10.6. The predicted octanol–water partition coefficient (Wildman–Crippen LogP) is 3.12. The lowest BCUT2D eigenvalue weighted by Crippen LogP contribution is -1.96. The van der Waals surface area contributed by atoms with Crippen LogP contribution < -0.4 is 10.5 Å². The van der Waals surface area contributed by atoms with Crippen molar-refractivity contribution in [1.82, 2.24) is 0 Å². The highest BCUT2D eigenvalue weighted by molar-refractivity contribution is 5.49. The summed E-state index contributed by atoms with van der Waals surface area (Å²) in [7, 11) is 1.58. The van der Waals surface area contributed by atoms with E-state index in [-0.39, 0.29) is 5.69 Å². The number of anilines is 1. The fourth-order valence-electron chi connectivity index (χ4n) is 1.73. The number of non-ortho nitro benzene ring substituents is 1. The highest BCUT2D eigenvalue weighted by Crippen LogP contribution is 2.28. The quantitative estimate of drug-likeness (QED) is 0.514. The lowest BCUT2D eigenvalue weighted by atomic mass is 10.2. The van der Waals surface area contributed by atoms with E-state index in [0.29, 0.717) is 23.8 Å². The number of hydrogen-bond donors (Lipinski definition) is 1. The van der Waals surface area contributed by atoms with Crippen LogP contribution in [0.5, 0.6) is 11.5 Å². The molecule has 2 rings (SSSR count). The Kier molecular flexibility index (Phi) is 4.17.